The molecule has 1 saturated heterocycles. The molecule has 1 aliphatic heterocycles. The molecule has 0 amide bonds. The van der Waals surface area contributed by atoms with Gasteiger partial charge in [-0.2, -0.15) is 0 Å². The molecule has 0 bridgehead atoms. The van der Waals surface area contributed by atoms with Crippen molar-refractivity contribution >= 4 is 17.7 Å². The lowest BCUT2D eigenvalue weighted by Gasteiger charge is -2.29. The van der Waals surface area contributed by atoms with Crippen LogP contribution in [0.5, 0.6) is 0 Å². The molecule has 0 saturated carbocycles. The number of hydrogen-bond donors (Lipinski definition) is 0. The molecule has 1 heterocycles. The maximum Gasteiger partial charge on any atom is 0.319 e. The van der Waals surface area contributed by atoms with Crippen LogP contribution in [0.25, 0.3) is 0 Å². The Hall–Kier alpha value is -0.960. The van der Waals surface area contributed by atoms with E-state index in [9.17, 15) is 4.79 Å². The molecule has 2 nitrogen and oxygen atoms in total. The normalized spacial score (nSPS) is 23.7. The SMILES string of the molecule is CCCC[C@@H]1CCOC(=O)[C@H]1Sc1ccccc1. The maximum absolute atomic E-state index is 11.9. The molecule has 0 unspecified atom stereocenters. The van der Waals surface area contributed by atoms with Gasteiger partial charge in [0.05, 0.1) is 6.61 Å². The summed E-state index contributed by atoms with van der Waals surface area (Å²) in [5.74, 6) is 0.438. The van der Waals surface area contributed by atoms with E-state index in [1.807, 2.05) is 18.2 Å². The highest BCUT2D eigenvalue weighted by Crippen LogP contribution is 2.35. The molecule has 98 valence electrons. The van der Waals surface area contributed by atoms with Crippen molar-refractivity contribution in [2.75, 3.05) is 6.61 Å². The lowest BCUT2D eigenvalue weighted by atomic mass is 9.93. The molecule has 18 heavy (non-hydrogen) atoms. The van der Waals surface area contributed by atoms with Crippen molar-refractivity contribution in [2.24, 2.45) is 5.92 Å². The Bertz CT molecular complexity index is 377. The van der Waals surface area contributed by atoms with Crippen LogP contribution < -0.4 is 0 Å². The molecule has 0 radical (unpaired) electrons. The lowest BCUT2D eigenvalue weighted by molar-refractivity contribution is -0.148. The Morgan fingerprint density at radius 2 is 2.11 bits per heavy atom. The maximum atomic E-state index is 11.9. The van der Waals surface area contributed by atoms with Gasteiger partial charge in [0.1, 0.15) is 5.25 Å². The minimum absolute atomic E-state index is 0.0206. The fourth-order valence-electron chi connectivity index (χ4n) is 2.29. The Morgan fingerprint density at radius 1 is 1.33 bits per heavy atom. The molecule has 1 aromatic rings. The van der Waals surface area contributed by atoms with Crippen LogP contribution in [0.3, 0.4) is 0 Å². The minimum atomic E-state index is -0.0313. The van der Waals surface area contributed by atoms with Crippen molar-refractivity contribution in [1.82, 2.24) is 0 Å². The molecule has 0 aromatic heterocycles. The van der Waals surface area contributed by atoms with Gasteiger partial charge in [-0.3, -0.25) is 4.79 Å². The second-order valence-electron chi connectivity index (χ2n) is 4.71. The number of cyclic esters (lactones) is 1. The van der Waals surface area contributed by atoms with Gasteiger partial charge < -0.3 is 4.74 Å². The van der Waals surface area contributed by atoms with E-state index in [0.717, 1.165) is 17.7 Å². The Morgan fingerprint density at radius 3 is 2.83 bits per heavy atom. The first-order chi connectivity index (χ1) is 8.81. The summed E-state index contributed by atoms with van der Waals surface area (Å²) >= 11 is 1.66. The summed E-state index contributed by atoms with van der Waals surface area (Å²) in [6.45, 7) is 2.79. The van der Waals surface area contributed by atoms with Crippen LogP contribution in [0.15, 0.2) is 35.2 Å². The average Bonchev–Trinajstić information content (AvgIpc) is 2.41. The number of ether oxygens (including phenoxy) is 1. The van der Waals surface area contributed by atoms with Crippen LogP contribution in [0.1, 0.15) is 32.6 Å². The standard InChI is InChI=1S/C15H20O2S/c1-2-3-7-12-10-11-17-15(16)14(12)18-13-8-5-4-6-9-13/h4-6,8-9,12,14H,2-3,7,10-11H2,1H3/t12-,14+/m1/s1. The van der Waals surface area contributed by atoms with E-state index < -0.39 is 0 Å². The highest BCUT2D eigenvalue weighted by Gasteiger charge is 2.33. The highest BCUT2D eigenvalue weighted by molar-refractivity contribution is 8.00. The van der Waals surface area contributed by atoms with E-state index >= 15 is 0 Å². The zero-order valence-electron chi connectivity index (χ0n) is 10.8. The summed E-state index contributed by atoms with van der Waals surface area (Å²) in [6.07, 6.45) is 4.53. The van der Waals surface area contributed by atoms with Crippen molar-refractivity contribution in [3.63, 3.8) is 0 Å². The third-order valence-electron chi connectivity index (χ3n) is 3.33. The summed E-state index contributed by atoms with van der Waals surface area (Å²) in [5, 5.41) is -0.0206. The van der Waals surface area contributed by atoms with Gasteiger partial charge in [-0.1, -0.05) is 38.0 Å². The van der Waals surface area contributed by atoms with Gasteiger partial charge >= 0.3 is 5.97 Å². The van der Waals surface area contributed by atoms with Crippen LogP contribution >= 0.6 is 11.8 Å². The molecule has 2 rings (SSSR count). The number of benzene rings is 1. The van der Waals surface area contributed by atoms with E-state index in [1.165, 1.54) is 12.8 Å². The first-order valence-corrected chi connectivity index (χ1v) is 7.57. The van der Waals surface area contributed by atoms with Gasteiger partial charge in [-0.25, -0.2) is 0 Å². The van der Waals surface area contributed by atoms with Gasteiger partial charge in [0, 0.05) is 4.90 Å². The quantitative estimate of drug-likeness (QED) is 0.754. The molecule has 3 heteroatoms. The molecule has 0 N–H and O–H groups in total. The summed E-state index contributed by atoms with van der Waals surface area (Å²) in [5.41, 5.74) is 0. The first-order valence-electron chi connectivity index (χ1n) is 6.69. The number of esters is 1. The van der Waals surface area contributed by atoms with Gasteiger partial charge in [-0.15, -0.1) is 11.8 Å². The average molecular weight is 264 g/mol. The van der Waals surface area contributed by atoms with E-state index in [1.54, 1.807) is 11.8 Å². The third-order valence-corrected chi connectivity index (χ3v) is 4.70. The first kappa shape index (κ1) is 13.5. The lowest BCUT2D eigenvalue weighted by Crippen LogP contribution is -2.35. The van der Waals surface area contributed by atoms with Crippen LogP contribution in [-0.2, 0) is 9.53 Å². The fraction of sp³-hybridized carbons (Fsp3) is 0.533. The van der Waals surface area contributed by atoms with Gasteiger partial charge in [0.2, 0.25) is 0 Å². The Kier molecular flexibility index (Phi) is 5.12. The minimum Gasteiger partial charge on any atom is -0.465 e. The van der Waals surface area contributed by atoms with Crippen LogP contribution in [-0.4, -0.2) is 17.8 Å². The number of thioether (sulfide) groups is 1. The van der Waals surface area contributed by atoms with Crippen molar-refractivity contribution < 1.29 is 9.53 Å². The van der Waals surface area contributed by atoms with Crippen molar-refractivity contribution in [3.8, 4) is 0 Å². The number of rotatable bonds is 5. The molecular formula is C15H20O2S. The van der Waals surface area contributed by atoms with Crippen LogP contribution in [0, 0.1) is 5.92 Å². The molecule has 1 aliphatic rings. The Labute approximate surface area is 113 Å². The zero-order valence-corrected chi connectivity index (χ0v) is 11.6. The smallest absolute Gasteiger partial charge is 0.319 e. The number of unbranched alkanes of at least 4 members (excludes halogenated alkanes) is 1. The summed E-state index contributed by atoms with van der Waals surface area (Å²) in [6, 6.07) is 10.1. The molecule has 1 fully saturated rings. The monoisotopic (exact) mass is 264 g/mol. The van der Waals surface area contributed by atoms with E-state index in [0.29, 0.717) is 12.5 Å². The number of hydrogen-bond acceptors (Lipinski definition) is 3. The van der Waals surface area contributed by atoms with Crippen molar-refractivity contribution in [2.45, 2.75) is 42.8 Å². The molecule has 0 spiro atoms. The third kappa shape index (κ3) is 3.52. The molecule has 1 aromatic carbocycles. The van der Waals surface area contributed by atoms with E-state index in [2.05, 4.69) is 19.1 Å². The second-order valence-corrected chi connectivity index (χ2v) is 5.92. The summed E-state index contributed by atoms with van der Waals surface area (Å²) in [4.78, 5) is 13.1. The topological polar surface area (TPSA) is 26.3 Å². The van der Waals surface area contributed by atoms with E-state index in [-0.39, 0.29) is 11.2 Å². The molecule has 0 aliphatic carbocycles. The highest BCUT2D eigenvalue weighted by atomic mass is 32.2. The Balaban J connectivity index is 2.03. The van der Waals surface area contributed by atoms with Crippen LogP contribution in [0.2, 0.25) is 0 Å². The van der Waals surface area contributed by atoms with Crippen molar-refractivity contribution in [1.29, 1.82) is 0 Å². The summed E-state index contributed by atoms with van der Waals surface area (Å²) in [7, 11) is 0. The predicted molar refractivity (Wildman–Crippen MR) is 74.7 cm³/mol. The predicted octanol–water partition coefficient (Wildman–Crippen LogP) is 3.90. The molecule has 2 atom stereocenters. The number of carbonyl (C=O) groups excluding carboxylic acids is 1. The van der Waals surface area contributed by atoms with Gasteiger partial charge in [0.15, 0.2) is 0 Å². The largest absolute Gasteiger partial charge is 0.465 e. The van der Waals surface area contributed by atoms with Gasteiger partial charge in [0.25, 0.3) is 0 Å². The van der Waals surface area contributed by atoms with E-state index in [4.69, 9.17) is 4.74 Å². The molecular weight excluding hydrogens is 244 g/mol. The fourth-order valence-corrected chi connectivity index (χ4v) is 3.53. The summed E-state index contributed by atoms with van der Waals surface area (Å²) < 4.78 is 5.21. The number of carbonyl (C=O) groups is 1. The zero-order chi connectivity index (χ0) is 12.8. The van der Waals surface area contributed by atoms with Crippen LogP contribution in [0.4, 0.5) is 0 Å². The van der Waals surface area contributed by atoms with Crippen molar-refractivity contribution in [3.05, 3.63) is 30.3 Å². The van der Waals surface area contributed by atoms with Gasteiger partial charge in [-0.05, 0) is 30.9 Å². The second kappa shape index (κ2) is 6.83.